The van der Waals surface area contributed by atoms with Crippen LogP contribution in [0.15, 0.2) is 60.7 Å². The maximum Gasteiger partial charge on any atom is 0.257 e. The molecule has 4 rings (SSSR count). The lowest BCUT2D eigenvalue weighted by Crippen LogP contribution is -2.53. The second kappa shape index (κ2) is 11.5. The predicted octanol–water partition coefficient (Wildman–Crippen LogP) is 4.53. The molecular formula is C27H29ClFN5O2. The second-order valence-corrected chi connectivity index (χ2v) is 9.20. The van der Waals surface area contributed by atoms with Crippen LogP contribution in [0.5, 0.6) is 0 Å². The molecule has 1 atom stereocenters. The molecule has 3 aromatic rings. The van der Waals surface area contributed by atoms with E-state index in [1.54, 1.807) is 17.0 Å². The summed E-state index contributed by atoms with van der Waals surface area (Å²) in [5, 5.41) is 9.31. The third-order valence-electron chi connectivity index (χ3n) is 6.55. The van der Waals surface area contributed by atoms with Crippen LogP contribution in [0.1, 0.15) is 30.6 Å². The van der Waals surface area contributed by atoms with Crippen LogP contribution in [0, 0.1) is 5.82 Å². The molecule has 7 nitrogen and oxygen atoms in total. The Morgan fingerprint density at radius 3 is 2.33 bits per heavy atom. The molecule has 9 heteroatoms. The minimum Gasteiger partial charge on any atom is -0.352 e. The molecule has 0 bridgehead atoms. The highest BCUT2D eigenvalue weighted by molar-refractivity contribution is 6.33. The zero-order valence-electron chi connectivity index (χ0n) is 20.4. The van der Waals surface area contributed by atoms with Gasteiger partial charge in [0.15, 0.2) is 5.82 Å². The first kappa shape index (κ1) is 25.6. The van der Waals surface area contributed by atoms with E-state index in [-0.39, 0.29) is 24.1 Å². The zero-order valence-corrected chi connectivity index (χ0v) is 21.2. The van der Waals surface area contributed by atoms with E-state index in [0.29, 0.717) is 43.3 Å². The van der Waals surface area contributed by atoms with E-state index in [1.165, 1.54) is 17.0 Å². The van der Waals surface area contributed by atoms with Crippen molar-refractivity contribution in [2.75, 3.05) is 37.6 Å². The number of nitrogens with zero attached hydrogens (tertiary/aromatic N) is 5. The Hall–Kier alpha value is -3.52. The van der Waals surface area contributed by atoms with Crippen molar-refractivity contribution in [2.45, 2.75) is 26.3 Å². The summed E-state index contributed by atoms with van der Waals surface area (Å²) in [4.78, 5) is 31.4. The van der Waals surface area contributed by atoms with E-state index in [4.69, 9.17) is 11.6 Å². The molecule has 1 aliphatic heterocycles. The predicted molar refractivity (Wildman–Crippen MR) is 138 cm³/mol. The van der Waals surface area contributed by atoms with Crippen molar-refractivity contribution in [2.24, 2.45) is 0 Å². The lowest BCUT2D eigenvalue weighted by molar-refractivity contribution is -0.132. The van der Waals surface area contributed by atoms with E-state index < -0.39 is 11.7 Å². The largest absolute Gasteiger partial charge is 0.352 e. The summed E-state index contributed by atoms with van der Waals surface area (Å²) in [6, 6.07) is 16.9. The van der Waals surface area contributed by atoms with Crippen LogP contribution in [0.3, 0.4) is 0 Å². The topological polar surface area (TPSA) is 69.6 Å². The maximum absolute atomic E-state index is 14.2. The molecular weight excluding hydrogens is 481 g/mol. The number of aromatic nitrogens is 2. The van der Waals surface area contributed by atoms with Crippen molar-refractivity contribution in [3.8, 4) is 11.3 Å². The summed E-state index contributed by atoms with van der Waals surface area (Å²) in [6.45, 7) is 5.90. The Morgan fingerprint density at radius 1 is 1.00 bits per heavy atom. The Morgan fingerprint density at radius 2 is 1.69 bits per heavy atom. The van der Waals surface area contributed by atoms with Gasteiger partial charge in [-0.25, -0.2) is 4.39 Å². The van der Waals surface area contributed by atoms with Crippen LogP contribution in [0.4, 0.5) is 10.2 Å². The van der Waals surface area contributed by atoms with Gasteiger partial charge in [-0.05, 0) is 43.7 Å². The highest BCUT2D eigenvalue weighted by atomic mass is 35.5. The molecule has 0 spiro atoms. The van der Waals surface area contributed by atoms with Crippen LogP contribution in [-0.4, -0.2) is 70.6 Å². The lowest BCUT2D eigenvalue weighted by atomic mass is 10.1. The third kappa shape index (κ3) is 5.65. The van der Waals surface area contributed by atoms with Crippen LogP contribution >= 0.6 is 11.6 Å². The van der Waals surface area contributed by atoms with Gasteiger partial charge in [-0.15, -0.1) is 10.2 Å². The third-order valence-corrected chi connectivity index (χ3v) is 6.88. The van der Waals surface area contributed by atoms with Crippen LogP contribution in [0.2, 0.25) is 5.02 Å². The summed E-state index contributed by atoms with van der Waals surface area (Å²) in [5.41, 5.74) is 1.50. The van der Waals surface area contributed by atoms with Crippen molar-refractivity contribution in [1.29, 1.82) is 0 Å². The van der Waals surface area contributed by atoms with Crippen molar-refractivity contribution in [3.05, 3.63) is 77.1 Å². The van der Waals surface area contributed by atoms with E-state index in [0.717, 1.165) is 11.4 Å². The van der Waals surface area contributed by atoms with Gasteiger partial charge >= 0.3 is 0 Å². The molecule has 2 heterocycles. The first-order valence-electron chi connectivity index (χ1n) is 12.1. The van der Waals surface area contributed by atoms with Crippen molar-refractivity contribution in [3.63, 3.8) is 0 Å². The summed E-state index contributed by atoms with van der Waals surface area (Å²) >= 11 is 6.26. The molecule has 0 aliphatic carbocycles. The molecule has 1 aromatic heterocycles. The monoisotopic (exact) mass is 509 g/mol. The summed E-state index contributed by atoms with van der Waals surface area (Å²) < 4.78 is 14.2. The number of hydrogen-bond acceptors (Lipinski definition) is 5. The Kier molecular flexibility index (Phi) is 8.15. The van der Waals surface area contributed by atoms with E-state index in [2.05, 4.69) is 15.1 Å². The van der Waals surface area contributed by atoms with Gasteiger partial charge in [0.2, 0.25) is 5.91 Å². The van der Waals surface area contributed by atoms with Gasteiger partial charge < -0.3 is 14.7 Å². The SMILES string of the molecule is CC[C@@H](C)N(CC(=O)N1CCN(c2ccc(-c3ccccc3Cl)nn2)CC1)C(=O)c1ccccc1F. The molecule has 0 radical (unpaired) electrons. The highest BCUT2D eigenvalue weighted by Gasteiger charge is 2.29. The van der Waals surface area contributed by atoms with Gasteiger partial charge in [-0.1, -0.05) is 48.9 Å². The molecule has 1 fully saturated rings. The quantitative estimate of drug-likeness (QED) is 0.468. The average molecular weight is 510 g/mol. The number of amides is 2. The smallest absolute Gasteiger partial charge is 0.257 e. The maximum atomic E-state index is 14.2. The number of carbonyl (C=O) groups excluding carboxylic acids is 2. The van der Waals surface area contributed by atoms with Gasteiger partial charge in [0.25, 0.3) is 5.91 Å². The number of piperazine rings is 1. The van der Waals surface area contributed by atoms with E-state index >= 15 is 0 Å². The average Bonchev–Trinajstić information content (AvgIpc) is 2.91. The van der Waals surface area contributed by atoms with Gasteiger partial charge in [-0.3, -0.25) is 9.59 Å². The number of halogens is 2. The second-order valence-electron chi connectivity index (χ2n) is 8.79. The number of benzene rings is 2. The number of rotatable bonds is 7. The lowest BCUT2D eigenvalue weighted by Gasteiger charge is -2.37. The van der Waals surface area contributed by atoms with Crippen LogP contribution < -0.4 is 4.90 Å². The minimum absolute atomic E-state index is 0.0192. The summed E-state index contributed by atoms with van der Waals surface area (Å²) in [5.74, 6) is -0.476. The van der Waals surface area contributed by atoms with Gasteiger partial charge in [0, 0.05) is 37.8 Å². The molecule has 1 saturated heterocycles. The minimum atomic E-state index is -0.585. The number of carbonyl (C=O) groups is 2. The van der Waals surface area contributed by atoms with Crippen LogP contribution in [0.25, 0.3) is 11.3 Å². The molecule has 188 valence electrons. The van der Waals surface area contributed by atoms with Gasteiger partial charge in [0.05, 0.1) is 16.3 Å². The van der Waals surface area contributed by atoms with Gasteiger partial charge in [0.1, 0.15) is 12.4 Å². The normalized spacial score (nSPS) is 14.4. The molecule has 0 N–H and O–H groups in total. The summed E-state index contributed by atoms with van der Waals surface area (Å²) in [6.07, 6.45) is 0.657. The number of anilines is 1. The zero-order chi connectivity index (χ0) is 25.7. The molecule has 1 aliphatic rings. The van der Waals surface area contributed by atoms with Crippen molar-refractivity contribution in [1.82, 2.24) is 20.0 Å². The molecule has 0 saturated carbocycles. The number of hydrogen-bond donors (Lipinski definition) is 0. The molecule has 2 aromatic carbocycles. The first-order chi connectivity index (χ1) is 17.4. The Balaban J connectivity index is 1.38. The Bertz CT molecular complexity index is 1210. The Labute approximate surface area is 215 Å². The van der Waals surface area contributed by atoms with E-state index in [1.807, 2.05) is 50.2 Å². The van der Waals surface area contributed by atoms with Crippen LogP contribution in [-0.2, 0) is 4.79 Å². The van der Waals surface area contributed by atoms with Crippen molar-refractivity contribution < 1.29 is 14.0 Å². The van der Waals surface area contributed by atoms with Gasteiger partial charge in [-0.2, -0.15) is 0 Å². The fourth-order valence-electron chi connectivity index (χ4n) is 4.17. The summed E-state index contributed by atoms with van der Waals surface area (Å²) in [7, 11) is 0. The molecule has 0 unspecified atom stereocenters. The molecule has 36 heavy (non-hydrogen) atoms. The van der Waals surface area contributed by atoms with E-state index in [9.17, 15) is 14.0 Å². The first-order valence-corrected chi connectivity index (χ1v) is 12.4. The molecule has 2 amide bonds. The fourth-order valence-corrected chi connectivity index (χ4v) is 4.41. The highest BCUT2D eigenvalue weighted by Crippen LogP contribution is 2.26. The fraction of sp³-hybridized carbons (Fsp3) is 0.333. The van der Waals surface area contributed by atoms with Crippen molar-refractivity contribution >= 4 is 29.2 Å². The standard InChI is InChI=1S/C27H29ClFN5O2/c1-3-19(2)34(27(36)21-9-5-7-11-23(21)29)18-26(35)33-16-14-32(15-17-33)25-13-12-24(30-31-25)20-8-4-6-10-22(20)28/h4-13,19H,3,14-18H2,1-2H3/t19-/m1/s1.